The number of aromatic nitrogens is 1. The third-order valence-corrected chi connectivity index (χ3v) is 9.91. The zero-order valence-electron chi connectivity index (χ0n) is 20.0. The largest absolute Gasteiger partial charge is 0.497 e. The van der Waals surface area contributed by atoms with Gasteiger partial charge in [-0.25, -0.2) is 21.8 Å². The summed E-state index contributed by atoms with van der Waals surface area (Å²) in [4.78, 5) is 19.7. The van der Waals surface area contributed by atoms with Crippen molar-refractivity contribution in [2.24, 2.45) is 0 Å². The highest BCUT2D eigenvalue weighted by molar-refractivity contribution is 7.91. The maximum atomic E-state index is 13.3. The van der Waals surface area contributed by atoms with Gasteiger partial charge in [0, 0.05) is 19.3 Å². The minimum atomic E-state index is -3.55. The monoisotopic (exact) mass is 552 g/mol. The van der Waals surface area contributed by atoms with Crippen LogP contribution in [0.4, 0.5) is 5.13 Å². The molecule has 0 aliphatic carbocycles. The Labute approximate surface area is 214 Å². The second-order valence-electron chi connectivity index (χ2n) is 8.64. The number of thiazole rings is 1. The highest BCUT2D eigenvalue weighted by Crippen LogP contribution is 2.32. The minimum absolute atomic E-state index is 0.0205. The molecule has 0 spiro atoms. The molecule has 12 heteroatoms. The first kappa shape index (κ1) is 26.5. The van der Waals surface area contributed by atoms with Gasteiger partial charge in [-0.15, -0.1) is 0 Å². The van der Waals surface area contributed by atoms with Crippen LogP contribution in [0.2, 0.25) is 0 Å². The SMILES string of the molecule is COc1ccc(S(=O)(=O)CCCC(=O)N(CC2CCCO2)c2nc3ccc(S(C)(=O)=O)cc3s2)cc1. The van der Waals surface area contributed by atoms with E-state index in [0.29, 0.717) is 34.2 Å². The van der Waals surface area contributed by atoms with E-state index in [9.17, 15) is 21.6 Å². The van der Waals surface area contributed by atoms with Gasteiger partial charge >= 0.3 is 0 Å². The van der Waals surface area contributed by atoms with E-state index in [2.05, 4.69) is 4.98 Å². The van der Waals surface area contributed by atoms with Crippen LogP contribution in [0, 0.1) is 0 Å². The molecule has 0 saturated carbocycles. The first-order valence-electron chi connectivity index (χ1n) is 11.5. The van der Waals surface area contributed by atoms with E-state index in [4.69, 9.17) is 9.47 Å². The predicted molar refractivity (Wildman–Crippen MR) is 138 cm³/mol. The second-order valence-corrected chi connectivity index (χ2v) is 13.8. The van der Waals surface area contributed by atoms with Gasteiger partial charge in [0.15, 0.2) is 24.8 Å². The first-order valence-corrected chi connectivity index (χ1v) is 15.8. The number of carbonyl (C=O) groups excluding carboxylic acids is 1. The molecule has 1 unspecified atom stereocenters. The summed E-state index contributed by atoms with van der Waals surface area (Å²) in [6.45, 7) is 0.938. The summed E-state index contributed by atoms with van der Waals surface area (Å²) >= 11 is 1.23. The van der Waals surface area contributed by atoms with Crippen LogP contribution in [0.1, 0.15) is 25.7 Å². The van der Waals surface area contributed by atoms with E-state index in [1.54, 1.807) is 29.2 Å². The molecule has 0 radical (unpaired) electrons. The molecule has 4 rings (SSSR count). The Morgan fingerprint density at radius 1 is 1.14 bits per heavy atom. The summed E-state index contributed by atoms with van der Waals surface area (Å²) in [6.07, 6.45) is 2.91. The number of amides is 1. The molecular formula is C24H28N2O7S3. The third-order valence-electron chi connectivity index (χ3n) is 5.94. The fraction of sp³-hybridized carbons (Fsp3) is 0.417. The van der Waals surface area contributed by atoms with Crippen molar-refractivity contribution in [3.8, 4) is 5.75 Å². The quantitative estimate of drug-likeness (QED) is 0.375. The fourth-order valence-corrected chi connectivity index (χ4v) is 7.03. The summed E-state index contributed by atoms with van der Waals surface area (Å²) in [6, 6.07) is 10.8. The normalized spacial score (nSPS) is 16.3. The number of carbonyl (C=O) groups is 1. The highest BCUT2D eigenvalue weighted by atomic mass is 32.2. The zero-order valence-corrected chi connectivity index (χ0v) is 22.5. The van der Waals surface area contributed by atoms with Crippen molar-refractivity contribution < 1.29 is 31.1 Å². The maximum Gasteiger partial charge on any atom is 0.228 e. The second kappa shape index (κ2) is 10.8. The lowest BCUT2D eigenvalue weighted by Gasteiger charge is -2.23. The Kier molecular flexibility index (Phi) is 7.98. The lowest BCUT2D eigenvalue weighted by Crippen LogP contribution is -2.37. The van der Waals surface area contributed by atoms with E-state index in [1.807, 2.05) is 0 Å². The molecule has 9 nitrogen and oxygen atoms in total. The molecule has 2 heterocycles. The number of anilines is 1. The number of rotatable bonds is 10. The molecule has 1 aliphatic rings. The molecule has 0 bridgehead atoms. The summed E-state index contributed by atoms with van der Waals surface area (Å²) in [5.41, 5.74) is 0.592. The van der Waals surface area contributed by atoms with E-state index in [-0.39, 0.29) is 40.4 Å². The van der Waals surface area contributed by atoms with Crippen LogP contribution in [0.25, 0.3) is 10.2 Å². The van der Waals surface area contributed by atoms with Crippen molar-refractivity contribution in [3.63, 3.8) is 0 Å². The fourth-order valence-electron chi connectivity index (χ4n) is 3.97. The number of nitrogens with zero attached hydrogens (tertiary/aromatic N) is 2. The Morgan fingerprint density at radius 2 is 1.86 bits per heavy atom. The molecule has 1 saturated heterocycles. The standard InChI is InChI=1S/C24H28N2O7S3/c1-32-17-7-9-19(10-8-17)36(30,31)14-4-6-23(27)26(16-18-5-3-13-33-18)24-25-21-12-11-20(35(2,28)29)15-22(21)34-24/h7-12,15,18H,3-6,13-14,16H2,1-2H3. The highest BCUT2D eigenvalue weighted by Gasteiger charge is 2.27. The number of hydrogen-bond acceptors (Lipinski definition) is 9. The summed E-state index contributed by atoms with van der Waals surface area (Å²) in [7, 11) is -5.43. The predicted octanol–water partition coefficient (Wildman–Crippen LogP) is 3.47. The molecular weight excluding hydrogens is 524 g/mol. The zero-order chi connectivity index (χ0) is 25.9. The lowest BCUT2D eigenvalue weighted by atomic mass is 10.2. The number of hydrogen-bond donors (Lipinski definition) is 0. The molecule has 0 N–H and O–H groups in total. The number of sulfone groups is 2. The van der Waals surface area contributed by atoms with Crippen molar-refractivity contribution in [2.45, 2.75) is 41.6 Å². The Balaban J connectivity index is 1.50. The average molecular weight is 553 g/mol. The number of fused-ring (bicyclic) bond motifs is 1. The maximum absolute atomic E-state index is 13.3. The van der Waals surface area contributed by atoms with Crippen molar-refractivity contribution in [3.05, 3.63) is 42.5 Å². The lowest BCUT2D eigenvalue weighted by molar-refractivity contribution is -0.119. The topological polar surface area (TPSA) is 120 Å². The van der Waals surface area contributed by atoms with E-state index in [0.717, 1.165) is 19.1 Å². The summed E-state index contributed by atoms with van der Waals surface area (Å²) in [5, 5.41) is 0.439. The molecule has 3 aromatic rings. The van der Waals surface area contributed by atoms with Crippen molar-refractivity contribution in [2.75, 3.05) is 37.2 Å². The van der Waals surface area contributed by atoms with Crippen LogP contribution < -0.4 is 9.64 Å². The molecule has 194 valence electrons. The Bertz CT molecular complexity index is 1440. The summed E-state index contributed by atoms with van der Waals surface area (Å²) in [5.74, 6) is 0.141. The van der Waals surface area contributed by atoms with Gasteiger partial charge < -0.3 is 9.47 Å². The third kappa shape index (κ3) is 6.23. The van der Waals surface area contributed by atoms with Crippen LogP contribution in [-0.4, -0.2) is 66.1 Å². The number of benzene rings is 2. The molecule has 1 aliphatic heterocycles. The van der Waals surface area contributed by atoms with Crippen LogP contribution in [0.3, 0.4) is 0 Å². The van der Waals surface area contributed by atoms with Gasteiger partial charge in [0.1, 0.15) is 5.75 Å². The van der Waals surface area contributed by atoms with Gasteiger partial charge in [0.05, 0.1) is 45.5 Å². The van der Waals surface area contributed by atoms with Gasteiger partial charge in [-0.2, -0.15) is 0 Å². The van der Waals surface area contributed by atoms with Crippen LogP contribution >= 0.6 is 11.3 Å². The van der Waals surface area contributed by atoms with Crippen molar-refractivity contribution in [1.29, 1.82) is 0 Å². The van der Waals surface area contributed by atoms with Gasteiger partial charge in [-0.05, 0) is 61.7 Å². The van der Waals surface area contributed by atoms with E-state index in [1.165, 1.54) is 36.6 Å². The van der Waals surface area contributed by atoms with E-state index < -0.39 is 19.7 Å². The van der Waals surface area contributed by atoms with Crippen LogP contribution in [-0.2, 0) is 29.2 Å². The van der Waals surface area contributed by atoms with Crippen LogP contribution in [0.15, 0.2) is 52.3 Å². The number of ether oxygens (including phenoxy) is 2. The summed E-state index contributed by atoms with van der Waals surface area (Å²) < 4.78 is 60.8. The first-order chi connectivity index (χ1) is 17.1. The van der Waals surface area contributed by atoms with Crippen LogP contribution in [0.5, 0.6) is 5.75 Å². The Morgan fingerprint density at radius 3 is 2.50 bits per heavy atom. The van der Waals surface area contributed by atoms with Gasteiger partial charge in [-0.3, -0.25) is 9.69 Å². The molecule has 2 aromatic carbocycles. The minimum Gasteiger partial charge on any atom is -0.497 e. The van der Waals surface area contributed by atoms with E-state index >= 15 is 0 Å². The molecule has 36 heavy (non-hydrogen) atoms. The molecule has 1 aromatic heterocycles. The number of methoxy groups -OCH3 is 1. The molecule has 1 fully saturated rings. The van der Waals surface area contributed by atoms with Gasteiger partial charge in [0.25, 0.3) is 0 Å². The van der Waals surface area contributed by atoms with Crippen molar-refractivity contribution in [1.82, 2.24) is 4.98 Å². The van der Waals surface area contributed by atoms with Crippen molar-refractivity contribution >= 4 is 52.3 Å². The van der Waals surface area contributed by atoms with Gasteiger partial charge in [-0.1, -0.05) is 11.3 Å². The average Bonchev–Trinajstić information content (AvgIpc) is 3.51. The molecule has 1 atom stereocenters. The van der Waals surface area contributed by atoms with Gasteiger partial charge in [0.2, 0.25) is 5.91 Å². The smallest absolute Gasteiger partial charge is 0.228 e. The molecule has 1 amide bonds. The Hall–Kier alpha value is -2.54.